The molecule has 4 heteroatoms. The Morgan fingerprint density at radius 2 is 2.00 bits per heavy atom. The Kier molecular flexibility index (Phi) is 3.83. The monoisotopic (exact) mass is 384 g/mol. The van der Waals surface area contributed by atoms with Crippen molar-refractivity contribution in [3.63, 3.8) is 0 Å². The maximum atomic E-state index is 10.4. The van der Waals surface area contributed by atoms with E-state index < -0.39 is 6.10 Å². The van der Waals surface area contributed by atoms with E-state index in [1.54, 1.807) is 6.07 Å². The summed E-state index contributed by atoms with van der Waals surface area (Å²) in [5, 5.41) is 10.4. The summed E-state index contributed by atoms with van der Waals surface area (Å²) in [4.78, 5) is 0. The van der Waals surface area contributed by atoms with Gasteiger partial charge in [0.2, 0.25) is 0 Å². The summed E-state index contributed by atoms with van der Waals surface area (Å²) in [6.45, 7) is 0. The van der Waals surface area contributed by atoms with Crippen LogP contribution in [0, 0.1) is 0 Å². The number of aliphatic hydroxyl groups is 1. The molecule has 100 valence electrons. The van der Waals surface area contributed by atoms with Crippen molar-refractivity contribution in [3.8, 4) is 0 Å². The van der Waals surface area contributed by atoms with E-state index in [0.717, 1.165) is 10.0 Å². The Bertz CT molecular complexity index is 568. The van der Waals surface area contributed by atoms with Crippen LogP contribution < -0.4 is 0 Å². The zero-order chi connectivity index (χ0) is 13.4. The van der Waals surface area contributed by atoms with Gasteiger partial charge in [0.25, 0.3) is 0 Å². The van der Waals surface area contributed by atoms with Gasteiger partial charge in [0.15, 0.2) is 4.67 Å². The number of rotatable bonds is 3. The molecule has 2 aromatic rings. The molecule has 0 bridgehead atoms. The van der Waals surface area contributed by atoms with E-state index >= 15 is 0 Å². The summed E-state index contributed by atoms with van der Waals surface area (Å²) in [5.74, 6) is 1.21. The third-order valence-electron chi connectivity index (χ3n) is 3.74. The third kappa shape index (κ3) is 2.67. The number of benzene rings is 1. The number of aliphatic hydroxyl groups excluding tert-OH is 1. The Balaban J connectivity index is 1.88. The standard InChI is InChI=1S/C15H14Br2O2/c16-12-8-13(19-15(12)17)14(18)11-6-2-5-10(7-11)9-3-1-4-9/h2,5-9,14,18H,1,3-4H2. The fraction of sp³-hybridized carbons (Fsp3) is 0.333. The molecule has 1 saturated carbocycles. The highest BCUT2D eigenvalue weighted by atomic mass is 79.9. The van der Waals surface area contributed by atoms with E-state index in [1.807, 2.05) is 12.1 Å². The van der Waals surface area contributed by atoms with Gasteiger partial charge < -0.3 is 9.52 Å². The Morgan fingerprint density at radius 3 is 2.58 bits per heavy atom. The summed E-state index contributed by atoms with van der Waals surface area (Å²) in [6.07, 6.45) is 3.12. The van der Waals surface area contributed by atoms with Gasteiger partial charge in [-0.2, -0.15) is 0 Å². The fourth-order valence-corrected chi connectivity index (χ4v) is 2.99. The van der Waals surface area contributed by atoms with Crippen LogP contribution in [0.5, 0.6) is 0 Å². The predicted octanol–water partition coefficient (Wildman–Crippen LogP) is 5.15. The van der Waals surface area contributed by atoms with Crippen LogP contribution in [-0.4, -0.2) is 5.11 Å². The third-order valence-corrected chi connectivity index (χ3v) is 5.45. The largest absolute Gasteiger partial charge is 0.450 e. The highest BCUT2D eigenvalue weighted by Gasteiger charge is 2.22. The Morgan fingerprint density at radius 1 is 1.21 bits per heavy atom. The molecule has 0 radical (unpaired) electrons. The zero-order valence-corrected chi connectivity index (χ0v) is 13.4. The minimum absolute atomic E-state index is 0.546. The first kappa shape index (κ1) is 13.4. The number of hydrogen-bond donors (Lipinski definition) is 1. The molecule has 1 aliphatic rings. The molecule has 1 aliphatic carbocycles. The molecule has 0 amide bonds. The van der Waals surface area contributed by atoms with Crippen LogP contribution in [0.15, 0.2) is 43.9 Å². The van der Waals surface area contributed by atoms with Crippen molar-refractivity contribution >= 4 is 31.9 Å². The first-order valence-corrected chi connectivity index (χ1v) is 7.96. The zero-order valence-electron chi connectivity index (χ0n) is 10.3. The van der Waals surface area contributed by atoms with Crippen LogP contribution in [0.3, 0.4) is 0 Å². The van der Waals surface area contributed by atoms with Crippen molar-refractivity contribution in [1.29, 1.82) is 0 Å². The van der Waals surface area contributed by atoms with E-state index in [1.165, 1.54) is 24.8 Å². The van der Waals surface area contributed by atoms with E-state index in [0.29, 0.717) is 16.3 Å². The second-order valence-electron chi connectivity index (χ2n) is 4.97. The molecule has 1 aromatic heterocycles. The molecule has 19 heavy (non-hydrogen) atoms. The lowest BCUT2D eigenvalue weighted by molar-refractivity contribution is 0.187. The highest BCUT2D eigenvalue weighted by Crippen LogP contribution is 2.38. The summed E-state index contributed by atoms with van der Waals surface area (Å²) >= 11 is 6.65. The molecule has 1 fully saturated rings. The second kappa shape index (κ2) is 5.43. The summed E-state index contributed by atoms with van der Waals surface area (Å²) < 4.78 is 6.92. The van der Waals surface area contributed by atoms with E-state index in [4.69, 9.17) is 4.42 Å². The van der Waals surface area contributed by atoms with E-state index in [9.17, 15) is 5.11 Å². The van der Waals surface area contributed by atoms with Gasteiger partial charge in [-0.15, -0.1) is 0 Å². The number of halogens is 2. The topological polar surface area (TPSA) is 33.4 Å². The van der Waals surface area contributed by atoms with Crippen molar-refractivity contribution in [3.05, 3.63) is 56.4 Å². The minimum atomic E-state index is -0.720. The normalized spacial score (nSPS) is 17.2. The summed E-state index contributed by atoms with van der Waals surface area (Å²) in [7, 11) is 0. The van der Waals surface area contributed by atoms with Gasteiger partial charge in [0.05, 0.1) is 4.47 Å². The Labute approximate surface area is 129 Å². The van der Waals surface area contributed by atoms with Crippen LogP contribution in [0.25, 0.3) is 0 Å². The highest BCUT2D eigenvalue weighted by molar-refractivity contribution is 9.13. The summed E-state index contributed by atoms with van der Waals surface area (Å²) in [5.41, 5.74) is 2.21. The minimum Gasteiger partial charge on any atom is -0.450 e. The smallest absolute Gasteiger partial charge is 0.183 e. The molecular formula is C15H14Br2O2. The van der Waals surface area contributed by atoms with Crippen molar-refractivity contribution in [2.75, 3.05) is 0 Å². The molecule has 1 unspecified atom stereocenters. The van der Waals surface area contributed by atoms with E-state index in [-0.39, 0.29) is 0 Å². The van der Waals surface area contributed by atoms with Gasteiger partial charge >= 0.3 is 0 Å². The van der Waals surface area contributed by atoms with Crippen LogP contribution in [0.1, 0.15) is 48.2 Å². The first-order chi connectivity index (χ1) is 9.15. The average molecular weight is 386 g/mol. The first-order valence-electron chi connectivity index (χ1n) is 6.38. The van der Waals surface area contributed by atoms with Crippen LogP contribution >= 0.6 is 31.9 Å². The lowest BCUT2D eigenvalue weighted by Gasteiger charge is -2.26. The molecule has 1 atom stereocenters. The van der Waals surface area contributed by atoms with Crippen LogP contribution in [0.4, 0.5) is 0 Å². The maximum Gasteiger partial charge on any atom is 0.183 e. The predicted molar refractivity (Wildman–Crippen MR) is 81.2 cm³/mol. The summed E-state index contributed by atoms with van der Waals surface area (Å²) in [6, 6.07) is 9.99. The van der Waals surface area contributed by atoms with Crippen molar-refractivity contribution < 1.29 is 9.52 Å². The molecule has 3 rings (SSSR count). The fourth-order valence-electron chi connectivity index (χ4n) is 2.39. The van der Waals surface area contributed by atoms with Crippen molar-refractivity contribution in [2.45, 2.75) is 31.3 Å². The molecule has 0 aliphatic heterocycles. The molecule has 1 N–H and O–H groups in total. The quantitative estimate of drug-likeness (QED) is 0.792. The van der Waals surface area contributed by atoms with Crippen molar-refractivity contribution in [2.24, 2.45) is 0 Å². The molecule has 1 aromatic carbocycles. The van der Waals surface area contributed by atoms with Gasteiger partial charge in [0.1, 0.15) is 11.9 Å². The van der Waals surface area contributed by atoms with Gasteiger partial charge in [0, 0.05) is 0 Å². The van der Waals surface area contributed by atoms with Crippen LogP contribution in [-0.2, 0) is 0 Å². The number of furan rings is 1. The molecular weight excluding hydrogens is 372 g/mol. The molecule has 1 heterocycles. The second-order valence-corrected chi connectivity index (χ2v) is 6.55. The van der Waals surface area contributed by atoms with Crippen LogP contribution in [0.2, 0.25) is 0 Å². The van der Waals surface area contributed by atoms with Gasteiger partial charge in [-0.25, -0.2) is 0 Å². The lowest BCUT2D eigenvalue weighted by atomic mass is 9.79. The van der Waals surface area contributed by atoms with E-state index in [2.05, 4.69) is 44.0 Å². The Hall–Kier alpha value is -0.580. The molecule has 0 saturated heterocycles. The average Bonchev–Trinajstić information content (AvgIpc) is 2.67. The molecule has 0 spiro atoms. The molecule has 2 nitrogen and oxygen atoms in total. The van der Waals surface area contributed by atoms with Gasteiger partial charge in [-0.1, -0.05) is 30.7 Å². The van der Waals surface area contributed by atoms with Gasteiger partial charge in [-0.3, -0.25) is 0 Å². The lowest BCUT2D eigenvalue weighted by Crippen LogP contribution is -2.09. The SMILES string of the molecule is OC(c1cccc(C2CCC2)c1)c1cc(Br)c(Br)o1. The maximum absolute atomic E-state index is 10.4. The number of hydrogen-bond acceptors (Lipinski definition) is 2. The van der Waals surface area contributed by atoms with Gasteiger partial charge in [-0.05, 0) is 67.8 Å². The van der Waals surface area contributed by atoms with Crippen molar-refractivity contribution in [1.82, 2.24) is 0 Å².